The molecule has 0 saturated carbocycles. The maximum absolute atomic E-state index is 11.4. The molecule has 0 heterocycles. The average Bonchev–Trinajstić information content (AvgIpc) is 2.08. The first kappa shape index (κ1) is 9.86. The summed E-state index contributed by atoms with van der Waals surface area (Å²) in [5.41, 5.74) is 0.312. The number of halogens is 1. The second-order valence-electron chi connectivity index (χ2n) is 2.84. The second kappa shape index (κ2) is 3.66. The highest BCUT2D eigenvalue weighted by Crippen LogP contribution is 2.26. The first-order chi connectivity index (χ1) is 6.04. The monoisotopic (exact) mass is 199 g/mol. The molecule has 0 fully saturated rings. The highest BCUT2D eigenvalue weighted by atomic mass is 35.5. The van der Waals surface area contributed by atoms with E-state index < -0.39 is 0 Å². The summed E-state index contributed by atoms with van der Waals surface area (Å²) in [7, 11) is 3.26. The van der Waals surface area contributed by atoms with Gasteiger partial charge in [-0.1, -0.05) is 17.7 Å². The summed E-state index contributed by atoms with van der Waals surface area (Å²) in [6.07, 6.45) is 0. The predicted octanol–water partition coefficient (Wildman–Crippen LogP) is 1.75. The molecule has 0 aliphatic heterocycles. The van der Waals surface area contributed by atoms with Gasteiger partial charge in [0.15, 0.2) is 0 Å². The molecule has 13 heavy (non-hydrogen) atoms. The molecule has 1 N–H and O–H groups in total. The van der Waals surface area contributed by atoms with Crippen molar-refractivity contribution in [2.24, 2.45) is 0 Å². The summed E-state index contributed by atoms with van der Waals surface area (Å²) in [6.45, 7) is 0. The van der Waals surface area contributed by atoms with Gasteiger partial charge in [0.1, 0.15) is 5.75 Å². The lowest BCUT2D eigenvalue weighted by molar-refractivity contribution is 0.0827. The van der Waals surface area contributed by atoms with Gasteiger partial charge in [-0.2, -0.15) is 0 Å². The largest absolute Gasteiger partial charge is 0.506 e. The molecule has 0 aliphatic rings. The van der Waals surface area contributed by atoms with Crippen molar-refractivity contribution in [3.8, 4) is 5.75 Å². The summed E-state index contributed by atoms with van der Waals surface area (Å²) in [4.78, 5) is 12.9. The van der Waals surface area contributed by atoms with Crippen LogP contribution in [0.2, 0.25) is 5.02 Å². The van der Waals surface area contributed by atoms with Crippen molar-refractivity contribution in [3.63, 3.8) is 0 Å². The molecule has 0 radical (unpaired) electrons. The van der Waals surface area contributed by atoms with Gasteiger partial charge in [-0.05, 0) is 12.1 Å². The van der Waals surface area contributed by atoms with E-state index in [4.69, 9.17) is 11.6 Å². The molecule has 70 valence electrons. The fraction of sp³-hybridized carbons (Fsp3) is 0.222. The molecule has 4 heteroatoms. The van der Waals surface area contributed by atoms with Crippen molar-refractivity contribution in [1.29, 1.82) is 0 Å². The van der Waals surface area contributed by atoms with Crippen LogP contribution < -0.4 is 0 Å². The number of nitrogens with zero attached hydrogens (tertiary/aromatic N) is 1. The third-order valence-corrected chi connectivity index (χ3v) is 2.01. The fourth-order valence-corrected chi connectivity index (χ4v) is 1.13. The van der Waals surface area contributed by atoms with Crippen LogP contribution in [0.3, 0.4) is 0 Å². The number of phenolic OH excluding ortho intramolecular Hbond substituents is 1. The Morgan fingerprint density at radius 2 is 2.08 bits per heavy atom. The maximum atomic E-state index is 11.4. The van der Waals surface area contributed by atoms with E-state index in [9.17, 15) is 9.90 Å². The van der Waals surface area contributed by atoms with Crippen LogP contribution in [0.5, 0.6) is 5.75 Å². The Kier molecular flexibility index (Phi) is 2.78. The zero-order chi connectivity index (χ0) is 10.0. The van der Waals surface area contributed by atoms with E-state index in [0.29, 0.717) is 5.56 Å². The molecule has 3 nitrogen and oxygen atoms in total. The smallest absolute Gasteiger partial charge is 0.254 e. The zero-order valence-corrected chi connectivity index (χ0v) is 8.17. The van der Waals surface area contributed by atoms with E-state index in [1.54, 1.807) is 26.2 Å². The number of aromatic hydroxyl groups is 1. The van der Waals surface area contributed by atoms with Crippen molar-refractivity contribution >= 4 is 17.5 Å². The van der Waals surface area contributed by atoms with Crippen molar-refractivity contribution in [2.45, 2.75) is 0 Å². The summed E-state index contributed by atoms with van der Waals surface area (Å²) in [5, 5.41) is 9.33. The number of rotatable bonds is 1. The van der Waals surface area contributed by atoms with Crippen molar-refractivity contribution < 1.29 is 9.90 Å². The summed E-state index contributed by atoms with van der Waals surface area (Å²) in [5.74, 6) is -0.296. The van der Waals surface area contributed by atoms with Crippen molar-refractivity contribution in [2.75, 3.05) is 14.1 Å². The van der Waals surface area contributed by atoms with Gasteiger partial charge >= 0.3 is 0 Å². The molecule has 1 aromatic rings. The topological polar surface area (TPSA) is 40.5 Å². The van der Waals surface area contributed by atoms with E-state index in [-0.39, 0.29) is 16.7 Å². The lowest BCUT2D eigenvalue weighted by atomic mass is 10.2. The molecule has 1 aromatic carbocycles. The van der Waals surface area contributed by atoms with Gasteiger partial charge in [-0.3, -0.25) is 4.79 Å². The van der Waals surface area contributed by atoms with Crippen LogP contribution in [0, 0.1) is 0 Å². The van der Waals surface area contributed by atoms with Crippen molar-refractivity contribution in [1.82, 2.24) is 4.90 Å². The summed E-state index contributed by atoms with van der Waals surface area (Å²) in [6, 6.07) is 4.59. The Morgan fingerprint density at radius 1 is 1.46 bits per heavy atom. The Hall–Kier alpha value is -1.22. The molecule has 0 aliphatic carbocycles. The van der Waals surface area contributed by atoms with Gasteiger partial charge in [-0.25, -0.2) is 0 Å². The van der Waals surface area contributed by atoms with Gasteiger partial charge in [0.25, 0.3) is 5.91 Å². The normalized spacial score (nSPS) is 9.77. The van der Waals surface area contributed by atoms with Crippen LogP contribution in [-0.4, -0.2) is 30.0 Å². The number of hydrogen-bond donors (Lipinski definition) is 1. The van der Waals surface area contributed by atoms with E-state index in [1.165, 1.54) is 11.0 Å². The predicted molar refractivity (Wildman–Crippen MR) is 51.1 cm³/mol. The van der Waals surface area contributed by atoms with Gasteiger partial charge in [0.2, 0.25) is 0 Å². The van der Waals surface area contributed by atoms with Crippen LogP contribution in [-0.2, 0) is 0 Å². The third-order valence-electron chi connectivity index (χ3n) is 1.61. The maximum Gasteiger partial charge on any atom is 0.254 e. The molecule has 0 bridgehead atoms. The molecule has 1 amide bonds. The molecule has 0 saturated heterocycles. The summed E-state index contributed by atoms with van der Waals surface area (Å²) < 4.78 is 0. The van der Waals surface area contributed by atoms with Gasteiger partial charge < -0.3 is 10.0 Å². The number of phenols is 1. The van der Waals surface area contributed by atoms with Crippen LogP contribution >= 0.6 is 11.6 Å². The Morgan fingerprint density at radius 3 is 2.62 bits per heavy atom. The number of benzene rings is 1. The van der Waals surface area contributed by atoms with E-state index >= 15 is 0 Å². The van der Waals surface area contributed by atoms with Crippen LogP contribution in [0.15, 0.2) is 18.2 Å². The van der Waals surface area contributed by atoms with Crippen LogP contribution in [0.1, 0.15) is 10.4 Å². The van der Waals surface area contributed by atoms with E-state index in [0.717, 1.165) is 0 Å². The van der Waals surface area contributed by atoms with Crippen LogP contribution in [0.4, 0.5) is 0 Å². The fourth-order valence-electron chi connectivity index (χ4n) is 0.926. The first-order valence-electron chi connectivity index (χ1n) is 3.73. The Labute approximate surface area is 81.5 Å². The molecular formula is C9H10ClNO2. The quantitative estimate of drug-likeness (QED) is 0.749. The molecule has 0 spiro atoms. The Bertz CT molecular complexity index is 336. The highest BCUT2D eigenvalue weighted by Gasteiger charge is 2.13. The molecule has 0 aromatic heterocycles. The molecule has 0 atom stereocenters. The van der Waals surface area contributed by atoms with Crippen LogP contribution in [0.25, 0.3) is 0 Å². The van der Waals surface area contributed by atoms with Gasteiger partial charge in [0, 0.05) is 14.1 Å². The van der Waals surface area contributed by atoms with Gasteiger partial charge in [0.05, 0.1) is 10.6 Å². The third kappa shape index (κ3) is 1.92. The molecule has 0 unspecified atom stereocenters. The minimum atomic E-state index is -0.221. The summed E-state index contributed by atoms with van der Waals surface area (Å²) >= 11 is 5.73. The molecule has 1 rings (SSSR count). The second-order valence-corrected chi connectivity index (χ2v) is 3.22. The minimum Gasteiger partial charge on any atom is -0.506 e. The average molecular weight is 200 g/mol. The highest BCUT2D eigenvalue weighted by molar-refractivity contribution is 6.35. The Balaban J connectivity index is 3.15. The molecular weight excluding hydrogens is 190 g/mol. The number of amides is 1. The van der Waals surface area contributed by atoms with Crippen molar-refractivity contribution in [3.05, 3.63) is 28.8 Å². The SMILES string of the molecule is CN(C)C(=O)c1cccc(O)c1Cl. The number of hydrogen-bond acceptors (Lipinski definition) is 2. The lowest BCUT2D eigenvalue weighted by Gasteiger charge is -2.11. The zero-order valence-electron chi connectivity index (χ0n) is 7.41. The minimum absolute atomic E-state index is 0.0747. The standard InChI is InChI=1S/C9H10ClNO2/c1-11(2)9(13)6-4-3-5-7(12)8(6)10/h3-5,12H,1-2H3. The van der Waals surface area contributed by atoms with E-state index in [1.807, 2.05) is 0 Å². The number of carbonyl (C=O) groups is 1. The lowest BCUT2D eigenvalue weighted by Crippen LogP contribution is -2.21. The number of carbonyl (C=O) groups excluding carboxylic acids is 1. The van der Waals surface area contributed by atoms with E-state index in [2.05, 4.69) is 0 Å². The van der Waals surface area contributed by atoms with Gasteiger partial charge in [-0.15, -0.1) is 0 Å². The first-order valence-corrected chi connectivity index (χ1v) is 4.11.